The number of anilines is 1. The minimum atomic E-state index is -1.34. The number of rotatable bonds is 8. The van der Waals surface area contributed by atoms with Gasteiger partial charge in [-0.1, -0.05) is 0 Å². The topological polar surface area (TPSA) is 204 Å². The number of amides is 1. The summed E-state index contributed by atoms with van der Waals surface area (Å²) in [6.07, 6.45) is 2.71. The van der Waals surface area contributed by atoms with Crippen LogP contribution in [0.3, 0.4) is 0 Å². The number of nitrogens with two attached hydrogens (primary N) is 1. The fourth-order valence-corrected chi connectivity index (χ4v) is 3.53. The molecule has 0 aliphatic rings. The number of aromatic nitrogens is 4. The second-order valence-corrected chi connectivity index (χ2v) is 7.21. The second kappa shape index (κ2) is 8.10. The van der Waals surface area contributed by atoms with E-state index in [0.717, 1.165) is 11.3 Å². The van der Waals surface area contributed by atoms with Crippen LogP contribution in [0.2, 0.25) is 0 Å². The first kappa shape index (κ1) is 20.0. The average Bonchev–Trinajstić information content (AvgIpc) is 3.25. The number of aromatic amines is 2. The largest absolute Gasteiger partial charge is 0.481 e. The van der Waals surface area contributed by atoms with E-state index in [0.29, 0.717) is 27.9 Å². The minimum absolute atomic E-state index is 0.0106. The van der Waals surface area contributed by atoms with Gasteiger partial charge in [0.15, 0.2) is 5.01 Å². The number of carbonyl (C=O) groups is 3. The van der Waals surface area contributed by atoms with Crippen molar-refractivity contribution in [2.45, 2.75) is 25.3 Å². The predicted octanol–water partition coefficient (Wildman–Crippen LogP) is -0.0715. The van der Waals surface area contributed by atoms with Gasteiger partial charge in [-0.2, -0.15) is 4.98 Å². The summed E-state index contributed by atoms with van der Waals surface area (Å²) in [5.41, 5.74) is 6.09. The van der Waals surface area contributed by atoms with Crippen LogP contribution in [-0.2, 0) is 16.0 Å². The SMILES string of the molecule is Nc1nc2[nH]cc(Cc3cnc(C(=O)N[C@@H](CCC(=O)O)C(=O)O)s3)c2c(=O)[nH]1. The molecular formula is C16H16N6O6S. The van der Waals surface area contributed by atoms with Gasteiger partial charge in [-0.15, -0.1) is 11.3 Å². The number of fused-ring (bicyclic) bond motifs is 1. The zero-order valence-electron chi connectivity index (χ0n) is 14.8. The quantitative estimate of drug-likeness (QED) is 0.288. The molecule has 3 rings (SSSR count). The van der Waals surface area contributed by atoms with Gasteiger partial charge in [0.1, 0.15) is 11.7 Å². The Morgan fingerprint density at radius 2 is 2.07 bits per heavy atom. The molecule has 3 aromatic heterocycles. The van der Waals surface area contributed by atoms with E-state index in [1.165, 1.54) is 6.20 Å². The van der Waals surface area contributed by atoms with Gasteiger partial charge in [0.25, 0.3) is 11.5 Å². The van der Waals surface area contributed by atoms with Gasteiger partial charge in [-0.25, -0.2) is 9.78 Å². The third-order valence-corrected chi connectivity index (χ3v) is 5.00. The van der Waals surface area contributed by atoms with Gasteiger partial charge in [-0.05, 0) is 12.0 Å². The number of nitrogen functional groups attached to an aromatic ring is 1. The van der Waals surface area contributed by atoms with Gasteiger partial charge in [0.2, 0.25) is 5.95 Å². The summed E-state index contributed by atoms with van der Waals surface area (Å²) in [7, 11) is 0. The molecule has 0 fully saturated rings. The number of nitrogens with zero attached hydrogens (tertiary/aromatic N) is 2. The van der Waals surface area contributed by atoms with Crippen molar-refractivity contribution in [3.8, 4) is 0 Å². The summed E-state index contributed by atoms with van der Waals surface area (Å²) < 4.78 is 0. The molecule has 12 nitrogen and oxygen atoms in total. The van der Waals surface area contributed by atoms with Crippen molar-refractivity contribution in [1.82, 2.24) is 25.3 Å². The summed E-state index contributed by atoms with van der Waals surface area (Å²) in [6.45, 7) is 0. The smallest absolute Gasteiger partial charge is 0.326 e. The highest BCUT2D eigenvalue weighted by Gasteiger charge is 2.23. The average molecular weight is 420 g/mol. The number of hydrogen-bond acceptors (Lipinski definition) is 8. The van der Waals surface area contributed by atoms with Gasteiger partial charge in [0.05, 0.1) is 5.39 Å². The Morgan fingerprint density at radius 1 is 1.31 bits per heavy atom. The first-order chi connectivity index (χ1) is 13.7. The summed E-state index contributed by atoms with van der Waals surface area (Å²) >= 11 is 1.03. The van der Waals surface area contributed by atoms with Crippen molar-refractivity contribution < 1.29 is 24.6 Å². The first-order valence-electron chi connectivity index (χ1n) is 8.30. The highest BCUT2D eigenvalue weighted by molar-refractivity contribution is 7.13. The fourth-order valence-electron chi connectivity index (χ4n) is 2.69. The highest BCUT2D eigenvalue weighted by atomic mass is 32.1. The maximum absolute atomic E-state index is 12.3. The molecule has 29 heavy (non-hydrogen) atoms. The number of carbonyl (C=O) groups excluding carboxylic acids is 1. The maximum Gasteiger partial charge on any atom is 0.326 e. The van der Waals surface area contributed by atoms with E-state index in [9.17, 15) is 19.2 Å². The molecular weight excluding hydrogens is 404 g/mol. The molecule has 1 amide bonds. The number of aliphatic carboxylic acids is 2. The number of hydrogen-bond donors (Lipinski definition) is 6. The Morgan fingerprint density at radius 3 is 2.76 bits per heavy atom. The van der Waals surface area contributed by atoms with Crippen LogP contribution in [-0.4, -0.2) is 54.0 Å². The molecule has 7 N–H and O–H groups in total. The molecule has 1 atom stereocenters. The van der Waals surface area contributed by atoms with Gasteiger partial charge < -0.3 is 26.2 Å². The van der Waals surface area contributed by atoms with Crippen molar-refractivity contribution in [2.24, 2.45) is 0 Å². The number of carboxylic acids is 2. The fraction of sp³-hybridized carbons (Fsp3) is 0.250. The van der Waals surface area contributed by atoms with E-state index in [2.05, 4.69) is 25.3 Å². The molecule has 0 aliphatic carbocycles. The molecule has 0 saturated carbocycles. The first-order valence-corrected chi connectivity index (χ1v) is 9.12. The van der Waals surface area contributed by atoms with Crippen molar-refractivity contribution >= 4 is 46.2 Å². The predicted molar refractivity (Wildman–Crippen MR) is 102 cm³/mol. The lowest BCUT2D eigenvalue weighted by Crippen LogP contribution is -2.41. The van der Waals surface area contributed by atoms with Crippen molar-refractivity contribution in [3.63, 3.8) is 0 Å². The second-order valence-electron chi connectivity index (χ2n) is 6.09. The molecule has 0 aromatic carbocycles. The summed E-state index contributed by atoms with van der Waals surface area (Å²) in [5, 5.41) is 20.4. The molecule has 0 radical (unpaired) electrons. The molecule has 0 spiro atoms. The molecule has 0 unspecified atom stereocenters. The van der Waals surface area contributed by atoms with E-state index in [1.54, 1.807) is 6.20 Å². The van der Waals surface area contributed by atoms with Gasteiger partial charge in [0, 0.05) is 30.1 Å². The Kier molecular flexibility index (Phi) is 5.59. The standard InChI is InChI=1S/C16H16N6O6S/c17-16-21-11-10(12(25)22-16)6(4-18-11)3-7-5-19-14(29-7)13(26)20-8(15(27)28)1-2-9(23)24/h4-5,8H,1-3H2,(H,20,26)(H,23,24)(H,27,28)(H4,17,18,21,22,25)/t8-/m0/s1. The van der Waals surface area contributed by atoms with Crippen LogP contribution in [0.25, 0.3) is 11.0 Å². The Balaban J connectivity index is 1.74. The molecule has 0 bridgehead atoms. The van der Waals surface area contributed by atoms with Crippen molar-refractivity contribution in [2.75, 3.05) is 5.73 Å². The Bertz CT molecular complexity index is 1150. The van der Waals surface area contributed by atoms with Crippen LogP contribution in [0.4, 0.5) is 5.95 Å². The van der Waals surface area contributed by atoms with Gasteiger partial charge >= 0.3 is 11.9 Å². The van der Waals surface area contributed by atoms with Crippen LogP contribution in [0.1, 0.15) is 33.1 Å². The molecule has 13 heteroatoms. The molecule has 3 heterocycles. The summed E-state index contributed by atoms with van der Waals surface area (Å²) in [5.74, 6) is -3.22. The van der Waals surface area contributed by atoms with Crippen LogP contribution in [0.15, 0.2) is 17.2 Å². The van der Waals surface area contributed by atoms with Crippen molar-refractivity contribution in [3.05, 3.63) is 38.2 Å². The van der Waals surface area contributed by atoms with E-state index in [-0.39, 0.29) is 17.4 Å². The summed E-state index contributed by atoms with van der Waals surface area (Å²) in [4.78, 5) is 60.1. The monoisotopic (exact) mass is 420 g/mol. The zero-order chi connectivity index (χ0) is 21.1. The van der Waals surface area contributed by atoms with Crippen molar-refractivity contribution in [1.29, 1.82) is 0 Å². The lowest BCUT2D eigenvalue weighted by molar-refractivity contribution is -0.140. The third kappa shape index (κ3) is 4.57. The van der Waals surface area contributed by atoms with Crippen LogP contribution >= 0.6 is 11.3 Å². The zero-order valence-corrected chi connectivity index (χ0v) is 15.6. The van der Waals surface area contributed by atoms with E-state index in [4.69, 9.17) is 15.9 Å². The van der Waals surface area contributed by atoms with Crippen LogP contribution in [0.5, 0.6) is 0 Å². The van der Waals surface area contributed by atoms with Crippen LogP contribution < -0.4 is 16.6 Å². The number of nitrogens with one attached hydrogen (secondary N) is 3. The lowest BCUT2D eigenvalue weighted by atomic mass is 10.1. The van der Waals surface area contributed by atoms with E-state index < -0.39 is 35.9 Å². The van der Waals surface area contributed by atoms with E-state index in [1.807, 2.05) is 0 Å². The maximum atomic E-state index is 12.3. The minimum Gasteiger partial charge on any atom is -0.481 e. The molecule has 152 valence electrons. The highest BCUT2D eigenvalue weighted by Crippen LogP contribution is 2.21. The molecule has 0 saturated heterocycles. The third-order valence-electron chi connectivity index (χ3n) is 4.00. The Hall–Kier alpha value is -3.74. The number of thiazole rings is 1. The van der Waals surface area contributed by atoms with Gasteiger partial charge in [-0.3, -0.25) is 19.4 Å². The normalized spacial score (nSPS) is 12.0. The number of H-pyrrole nitrogens is 2. The van der Waals surface area contributed by atoms with E-state index >= 15 is 0 Å². The Labute approximate surface area is 165 Å². The molecule has 3 aromatic rings. The lowest BCUT2D eigenvalue weighted by Gasteiger charge is -2.12. The summed E-state index contributed by atoms with van der Waals surface area (Å²) in [6, 6.07) is -1.34. The number of carboxylic acid groups (broad SMARTS) is 2. The van der Waals surface area contributed by atoms with Crippen LogP contribution in [0, 0.1) is 0 Å². The molecule has 0 aliphatic heterocycles.